The Morgan fingerprint density at radius 1 is 1.00 bits per heavy atom. The number of hydrogen-bond donors (Lipinski definition) is 2. The van der Waals surface area contributed by atoms with E-state index in [4.69, 9.17) is 4.74 Å². The summed E-state index contributed by atoms with van der Waals surface area (Å²) in [5.41, 5.74) is 1.49. The van der Waals surface area contributed by atoms with E-state index in [-0.39, 0.29) is 29.2 Å². The molecule has 2 aliphatic heterocycles. The average Bonchev–Trinajstić information content (AvgIpc) is 3.38. The van der Waals surface area contributed by atoms with E-state index < -0.39 is 6.04 Å². The quantitative estimate of drug-likeness (QED) is 0.575. The SMILES string of the molecule is O=C(NCC1CN(Cc2ccccc2)CCO1)C1CCCN1C(=O)c1ccc2ccccc2c1O. The monoisotopic (exact) mass is 473 g/mol. The fraction of sp³-hybridized carbons (Fsp3) is 0.357. The number of morpholine rings is 1. The molecule has 2 fully saturated rings. The summed E-state index contributed by atoms with van der Waals surface area (Å²) >= 11 is 0. The molecule has 3 aromatic rings. The van der Waals surface area contributed by atoms with Gasteiger partial charge in [-0.05, 0) is 29.9 Å². The minimum absolute atomic E-state index is 0.0340. The number of phenolic OH excluding ortho intramolecular Hbond substituents is 1. The summed E-state index contributed by atoms with van der Waals surface area (Å²) in [6.07, 6.45) is 1.27. The van der Waals surface area contributed by atoms with Gasteiger partial charge >= 0.3 is 0 Å². The number of ether oxygens (including phenoxy) is 1. The number of phenols is 1. The number of carbonyl (C=O) groups excluding carboxylic acids is 2. The van der Waals surface area contributed by atoms with E-state index in [1.54, 1.807) is 17.0 Å². The van der Waals surface area contributed by atoms with Gasteiger partial charge in [0.2, 0.25) is 5.91 Å². The number of fused-ring (bicyclic) bond motifs is 1. The van der Waals surface area contributed by atoms with Crippen LogP contribution in [0.2, 0.25) is 0 Å². The maximum absolute atomic E-state index is 13.3. The van der Waals surface area contributed by atoms with Crippen LogP contribution in [0.4, 0.5) is 0 Å². The van der Waals surface area contributed by atoms with E-state index in [2.05, 4.69) is 22.3 Å². The van der Waals surface area contributed by atoms with E-state index in [0.29, 0.717) is 31.5 Å². The normalized spacial score (nSPS) is 20.7. The highest BCUT2D eigenvalue weighted by atomic mass is 16.5. The maximum Gasteiger partial charge on any atom is 0.258 e. The summed E-state index contributed by atoms with van der Waals surface area (Å²) in [5.74, 6) is -0.512. The Hall–Kier alpha value is -3.42. The van der Waals surface area contributed by atoms with Gasteiger partial charge in [0.25, 0.3) is 5.91 Å². The molecule has 2 atom stereocenters. The minimum Gasteiger partial charge on any atom is -0.506 e. The van der Waals surface area contributed by atoms with Gasteiger partial charge in [0.15, 0.2) is 0 Å². The van der Waals surface area contributed by atoms with Gasteiger partial charge in [0.1, 0.15) is 11.8 Å². The van der Waals surface area contributed by atoms with Crippen molar-refractivity contribution in [2.75, 3.05) is 32.8 Å². The molecule has 0 radical (unpaired) electrons. The lowest BCUT2D eigenvalue weighted by atomic mass is 10.0. The summed E-state index contributed by atoms with van der Waals surface area (Å²) < 4.78 is 5.89. The van der Waals surface area contributed by atoms with Crippen molar-refractivity contribution in [2.24, 2.45) is 0 Å². The van der Waals surface area contributed by atoms with Gasteiger partial charge in [-0.2, -0.15) is 0 Å². The fourth-order valence-electron chi connectivity index (χ4n) is 5.09. The summed E-state index contributed by atoms with van der Waals surface area (Å²) in [4.78, 5) is 30.3. The number of aromatic hydroxyl groups is 1. The van der Waals surface area contributed by atoms with Crippen LogP contribution in [0.25, 0.3) is 10.8 Å². The van der Waals surface area contributed by atoms with Gasteiger partial charge in [-0.3, -0.25) is 14.5 Å². The van der Waals surface area contributed by atoms with Crippen molar-refractivity contribution in [2.45, 2.75) is 31.5 Å². The summed E-state index contributed by atoms with van der Waals surface area (Å²) in [7, 11) is 0. The maximum atomic E-state index is 13.3. The predicted octanol–water partition coefficient (Wildman–Crippen LogP) is 3.17. The van der Waals surface area contributed by atoms with Crippen molar-refractivity contribution in [3.63, 3.8) is 0 Å². The van der Waals surface area contributed by atoms with Gasteiger partial charge in [0, 0.05) is 38.1 Å². The molecule has 7 heteroatoms. The zero-order valence-electron chi connectivity index (χ0n) is 19.7. The fourth-order valence-corrected chi connectivity index (χ4v) is 5.09. The molecule has 0 spiro atoms. The molecule has 5 rings (SSSR count). The second kappa shape index (κ2) is 10.5. The summed E-state index contributed by atoms with van der Waals surface area (Å²) in [6, 6.07) is 20.7. The molecule has 0 aromatic heterocycles. The number of benzene rings is 3. The smallest absolute Gasteiger partial charge is 0.258 e. The first-order valence-corrected chi connectivity index (χ1v) is 12.3. The molecule has 2 N–H and O–H groups in total. The molecule has 3 aromatic carbocycles. The molecule has 2 heterocycles. The van der Waals surface area contributed by atoms with Crippen molar-refractivity contribution >= 4 is 22.6 Å². The Morgan fingerprint density at radius 2 is 1.80 bits per heavy atom. The first kappa shape index (κ1) is 23.3. The molecule has 35 heavy (non-hydrogen) atoms. The molecule has 0 saturated carbocycles. The molecular formula is C28H31N3O4. The second-order valence-electron chi connectivity index (χ2n) is 9.30. The van der Waals surface area contributed by atoms with Crippen molar-refractivity contribution in [3.05, 3.63) is 77.9 Å². The molecule has 2 amide bonds. The highest BCUT2D eigenvalue weighted by Gasteiger charge is 2.36. The number of carbonyl (C=O) groups is 2. The average molecular weight is 474 g/mol. The van der Waals surface area contributed by atoms with Crippen molar-refractivity contribution in [1.82, 2.24) is 15.1 Å². The lowest BCUT2D eigenvalue weighted by Crippen LogP contribution is -2.51. The Labute approximate surface area is 205 Å². The Bertz CT molecular complexity index is 1200. The highest BCUT2D eigenvalue weighted by Crippen LogP contribution is 2.31. The van der Waals surface area contributed by atoms with Crippen molar-refractivity contribution in [1.29, 1.82) is 0 Å². The summed E-state index contributed by atoms with van der Waals surface area (Å²) in [6.45, 7) is 3.99. The van der Waals surface area contributed by atoms with Crippen LogP contribution in [0.15, 0.2) is 66.7 Å². The Kier molecular flexibility index (Phi) is 6.97. The third kappa shape index (κ3) is 5.16. The number of nitrogens with zero attached hydrogens (tertiary/aromatic N) is 2. The molecule has 2 saturated heterocycles. The standard InChI is InChI=1S/C28H31N3O4/c32-26-23-10-5-4-9-21(23)12-13-24(26)28(34)31-14-6-11-25(31)27(33)29-17-22-19-30(15-16-35-22)18-20-7-2-1-3-8-20/h1-5,7-10,12-13,22,25,32H,6,11,14-19H2,(H,29,33). The van der Waals surface area contributed by atoms with Crippen LogP contribution in [0.3, 0.4) is 0 Å². The van der Waals surface area contributed by atoms with Crippen LogP contribution in [-0.2, 0) is 16.1 Å². The van der Waals surface area contributed by atoms with E-state index in [1.807, 2.05) is 42.5 Å². The molecular weight excluding hydrogens is 442 g/mol. The number of rotatable bonds is 6. The zero-order valence-corrected chi connectivity index (χ0v) is 19.7. The molecule has 0 bridgehead atoms. The third-order valence-corrected chi connectivity index (χ3v) is 6.92. The van der Waals surface area contributed by atoms with Crippen LogP contribution >= 0.6 is 0 Å². The number of nitrogens with one attached hydrogen (secondary N) is 1. The van der Waals surface area contributed by atoms with Crippen molar-refractivity contribution in [3.8, 4) is 5.75 Å². The number of likely N-dealkylation sites (tertiary alicyclic amines) is 1. The Balaban J connectivity index is 1.20. The predicted molar refractivity (Wildman–Crippen MR) is 134 cm³/mol. The molecule has 7 nitrogen and oxygen atoms in total. The first-order chi connectivity index (χ1) is 17.1. The van der Waals surface area contributed by atoms with Crippen LogP contribution in [0.5, 0.6) is 5.75 Å². The number of hydrogen-bond acceptors (Lipinski definition) is 5. The highest BCUT2D eigenvalue weighted by molar-refractivity contribution is 6.05. The second-order valence-corrected chi connectivity index (χ2v) is 9.30. The lowest BCUT2D eigenvalue weighted by molar-refractivity contribution is -0.126. The van der Waals surface area contributed by atoms with Gasteiger partial charge < -0.3 is 20.1 Å². The zero-order chi connectivity index (χ0) is 24.2. The van der Waals surface area contributed by atoms with E-state index in [9.17, 15) is 14.7 Å². The van der Waals surface area contributed by atoms with Gasteiger partial charge in [-0.15, -0.1) is 0 Å². The minimum atomic E-state index is -0.544. The van der Waals surface area contributed by atoms with E-state index >= 15 is 0 Å². The first-order valence-electron chi connectivity index (χ1n) is 12.3. The largest absolute Gasteiger partial charge is 0.506 e. The lowest BCUT2D eigenvalue weighted by Gasteiger charge is -2.33. The van der Waals surface area contributed by atoms with Crippen molar-refractivity contribution < 1.29 is 19.4 Å². The van der Waals surface area contributed by atoms with E-state index in [0.717, 1.165) is 31.4 Å². The number of amides is 2. The topological polar surface area (TPSA) is 82.1 Å². The van der Waals surface area contributed by atoms with E-state index in [1.165, 1.54) is 5.56 Å². The van der Waals surface area contributed by atoms with Gasteiger partial charge in [0.05, 0.1) is 18.3 Å². The van der Waals surface area contributed by atoms with Gasteiger partial charge in [-0.1, -0.05) is 60.7 Å². The van der Waals surface area contributed by atoms with Gasteiger partial charge in [-0.25, -0.2) is 0 Å². The van der Waals surface area contributed by atoms with Crippen LogP contribution in [0.1, 0.15) is 28.8 Å². The molecule has 2 aliphatic rings. The van der Waals surface area contributed by atoms with Crippen LogP contribution < -0.4 is 5.32 Å². The molecule has 182 valence electrons. The molecule has 2 unspecified atom stereocenters. The van der Waals surface area contributed by atoms with Crippen LogP contribution in [0, 0.1) is 0 Å². The molecule has 0 aliphatic carbocycles. The Morgan fingerprint density at radius 3 is 2.66 bits per heavy atom. The van der Waals surface area contributed by atoms with Crippen LogP contribution in [-0.4, -0.2) is 71.7 Å². The summed E-state index contributed by atoms with van der Waals surface area (Å²) in [5, 5.41) is 15.3. The third-order valence-electron chi connectivity index (χ3n) is 6.92.